The Hall–Kier alpha value is -0.890. The summed E-state index contributed by atoms with van der Waals surface area (Å²) in [6.07, 6.45) is 6.92. The van der Waals surface area contributed by atoms with Gasteiger partial charge in [-0.15, -0.1) is 0 Å². The van der Waals surface area contributed by atoms with E-state index in [1.165, 1.54) is 32.1 Å². The molecular weight excluding hydrogens is 232 g/mol. The SMILES string of the molecule is CN(CCC1CCCC1)c1ccc(Cl)cc1N. The Balaban J connectivity index is 1.91. The molecule has 3 heteroatoms. The first-order valence-corrected chi connectivity index (χ1v) is 6.81. The normalized spacial score (nSPS) is 16.4. The highest BCUT2D eigenvalue weighted by molar-refractivity contribution is 6.31. The van der Waals surface area contributed by atoms with Crippen molar-refractivity contribution in [1.29, 1.82) is 0 Å². The second-order valence-electron chi connectivity index (χ2n) is 5.06. The minimum atomic E-state index is 0.704. The van der Waals surface area contributed by atoms with Crippen LogP contribution in [0.15, 0.2) is 18.2 Å². The molecule has 94 valence electrons. The fraction of sp³-hybridized carbons (Fsp3) is 0.571. The maximum Gasteiger partial charge on any atom is 0.0598 e. The van der Waals surface area contributed by atoms with Crippen LogP contribution in [0.4, 0.5) is 11.4 Å². The highest BCUT2D eigenvalue weighted by Crippen LogP contribution is 2.30. The molecule has 0 atom stereocenters. The summed E-state index contributed by atoms with van der Waals surface area (Å²) in [5, 5.41) is 0.704. The molecule has 0 amide bonds. The quantitative estimate of drug-likeness (QED) is 0.823. The summed E-state index contributed by atoms with van der Waals surface area (Å²) >= 11 is 5.90. The number of halogens is 1. The van der Waals surface area contributed by atoms with Crippen molar-refractivity contribution in [2.75, 3.05) is 24.2 Å². The van der Waals surface area contributed by atoms with Gasteiger partial charge in [0, 0.05) is 18.6 Å². The van der Waals surface area contributed by atoms with Crippen molar-refractivity contribution in [3.8, 4) is 0 Å². The lowest BCUT2D eigenvalue weighted by Crippen LogP contribution is -2.21. The largest absolute Gasteiger partial charge is 0.397 e. The Morgan fingerprint density at radius 2 is 2.06 bits per heavy atom. The van der Waals surface area contributed by atoms with Gasteiger partial charge in [0.25, 0.3) is 0 Å². The molecular formula is C14H21ClN2. The molecule has 17 heavy (non-hydrogen) atoms. The summed E-state index contributed by atoms with van der Waals surface area (Å²) in [6.45, 7) is 1.08. The molecule has 1 aromatic rings. The van der Waals surface area contributed by atoms with Gasteiger partial charge in [-0.25, -0.2) is 0 Å². The topological polar surface area (TPSA) is 29.3 Å². The molecule has 0 spiro atoms. The molecule has 1 fully saturated rings. The highest BCUT2D eigenvalue weighted by Gasteiger charge is 2.15. The molecule has 1 aliphatic carbocycles. The molecule has 2 N–H and O–H groups in total. The molecule has 2 nitrogen and oxygen atoms in total. The average molecular weight is 253 g/mol. The zero-order chi connectivity index (χ0) is 12.3. The predicted octanol–water partition coefficient (Wildman–Crippen LogP) is 3.94. The van der Waals surface area contributed by atoms with Crippen molar-refractivity contribution in [2.24, 2.45) is 5.92 Å². The van der Waals surface area contributed by atoms with E-state index in [4.69, 9.17) is 17.3 Å². The Morgan fingerprint density at radius 3 is 2.71 bits per heavy atom. The van der Waals surface area contributed by atoms with E-state index in [2.05, 4.69) is 11.9 Å². The van der Waals surface area contributed by atoms with Gasteiger partial charge in [-0.2, -0.15) is 0 Å². The minimum Gasteiger partial charge on any atom is -0.397 e. The summed E-state index contributed by atoms with van der Waals surface area (Å²) in [4.78, 5) is 2.24. The third-order valence-corrected chi connectivity index (χ3v) is 3.98. The van der Waals surface area contributed by atoms with Crippen LogP contribution < -0.4 is 10.6 Å². The number of anilines is 2. The second kappa shape index (κ2) is 5.63. The van der Waals surface area contributed by atoms with Crippen molar-refractivity contribution < 1.29 is 0 Å². The van der Waals surface area contributed by atoms with E-state index in [0.29, 0.717) is 5.02 Å². The molecule has 0 radical (unpaired) electrons. The van der Waals surface area contributed by atoms with Gasteiger partial charge in [0.2, 0.25) is 0 Å². The average Bonchev–Trinajstić information content (AvgIpc) is 2.78. The number of nitrogens with zero attached hydrogens (tertiary/aromatic N) is 1. The maximum atomic E-state index is 5.98. The van der Waals surface area contributed by atoms with E-state index in [1.54, 1.807) is 0 Å². The lowest BCUT2D eigenvalue weighted by atomic mass is 10.0. The molecule has 1 aromatic carbocycles. The summed E-state index contributed by atoms with van der Waals surface area (Å²) in [5.41, 5.74) is 7.84. The van der Waals surface area contributed by atoms with Crippen molar-refractivity contribution in [1.82, 2.24) is 0 Å². The van der Waals surface area contributed by atoms with E-state index >= 15 is 0 Å². The summed E-state index contributed by atoms with van der Waals surface area (Å²) in [7, 11) is 2.11. The number of rotatable bonds is 4. The number of nitrogen functional groups attached to an aromatic ring is 1. The number of hydrogen-bond donors (Lipinski definition) is 1. The van der Waals surface area contributed by atoms with Crippen LogP contribution in [0.5, 0.6) is 0 Å². The van der Waals surface area contributed by atoms with Gasteiger partial charge in [-0.1, -0.05) is 37.3 Å². The van der Waals surface area contributed by atoms with Crippen molar-refractivity contribution in [3.05, 3.63) is 23.2 Å². The van der Waals surface area contributed by atoms with Crippen LogP contribution in [0.25, 0.3) is 0 Å². The summed E-state index contributed by atoms with van der Waals surface area (Å²) in [6, 6.07) is 5.73. The lowest BCUT2D eigenvalue weighted by molar-refractivity contribution is 0.505. The molecule has 1 saturated carbocycles. The Labute approximate surface area is 109 Å². The van der Waals surface area contributed by atoms with E-state index in [1.807, 2.05) is 18.2 Å². The van der Waals surface area contributed by atoms with Crippen molar-refractivity contribution >= 4 is 23.0 Å². The summed E-state index contributed by atoms with van der Waals surface area (Å²) in [5.74, 6) is 0.922. The molecule has 1 aliphatic rings. The van der Waals surface area contributed by atoms with Gasteiger partial charge in [-0.05, 0) is 30.5 Å². The molecule has 0 unspecified atom stereocenters. The van der Waals surface area contributed by atoms with Crippen LogP contribution >= 0.6 is 11.6 Å². The Bertz CT molecular complexity index is 372. The Kier molecular flexibility index (Phi) is 4.16. The van der Waals surface area contributed by atoms with Crippen LogP contribution in [-0.4, -0.2) is 13.6 Å². The highest BCUT2D eigenvalue weighted by atomic mass is 35.5. The van der Waals surface area contributed by atoms with Crippen LogP contribution in [0, 0.1) is 5.92 Å². The minimum absolute atomic E-state index is 0.704. The van der Waals surface area contributed by atoms with Crippen molar-refractivity contribution in [2.45, 2.75) is 32.1 Å². The van der Waals surface area contributed by atoms with Crippen LogP contribution in [0.1, 0.15) is 32.1 Å². The fourth-order valence-electron chi connectivity index (χ4n) is 2.67. The Morgan fingerprint density at radius 1 is 1.35 bits per heavy atom. The van der Waals surface area contributed by atoms with E-state index < -0.39 is 0 Å². The first kappa shape index (κ1) is 12.6. The van der Waals surface area contributed by atoms with E-state index in [-0.39, 0.29) is 0 Å². The van der Waals surface area contributed by atoms with Gasteiger partial charge in [0.1, 0.15) is 0 Å². The number of hydrogen-bond acceptors (Lipinski definition) is 2. The van der Waals surface area contributed by atoms with E-state index in [9.17, 15) is 0 Å². The second-order valence-corrected chi connectivity index (χ2v) is 5.50. The first-order valence-electron chi connectivity index (χ1n) is 6.43. The van der Waals surface area contributed by atoms with Crippen LogP contribution in [-0.2, 0) is 0 Å². The zero-order valence-electron chi connectivity index (χ0n) is 10.5. The lowest BCUT2D eigenvalue weighted by Gasteiger charge is -2.22. The first-order chi connectivity index (χ1) is 8.16. The third-order valence-electron chi connectivity index (χ3n) is 3.75. The molecule has 0 heterocycles. The third kappa shape index (κ3) is 3.29. The number of benzene rings is 1. The summed E-state index contributed by atoms with van der Waals surface area (Å²) < 4.78 is 0. The van der Waals surface area contributed by atoms with Gasteiger partial charge >= 0.3 is 0 Å². The van der Waals surface area contributed by atoms with Gasteiger partial charge < -0.3 is 10.6 Å². The van der Waals surface area contributed by atoms with Crippen LogP contribution in [0.3, 0.4) is 0 Å². The zero-order valence-corrected chi connectivity index (χ0v) is 11.2. The number of nitrogens with two attached hydrogens (primary N) is 1. The molecule has 2 rings (SSSR count). The predicted molar refractivity (Wildman–Crippen MR) is 75.7 cm³/mol. The van der Waals surface area contributed by atoms with Crippen LogP contribution in [0.2, 0.25) is 5.02 Å². The maximum absolute atomic E-state index is 5.98. The van der Waals surface area contributed by atoms with Gasteiger partial charge in [0.15, 0.2) is 0 Å². The molecule has 0 saturated heterocycles. The monoisotopic (exact) mass is 252 g/mol. The standard InChI is InChI=1S/C14H21ClN2/c1-17(9-8-11-4-2-3-5-11)14-7-6-12(15)10-13(14)16/h6-7,10-11H,2-5,8-9,16H2,1H3. The fourth-order valence-corrected chi connectivity index (χ4v) is 2.85. The molecule has 0 aliphatic heterocycles. The smallest absolute Gasteiger partial charge is 0.0598 e. The molecule has 0 bridgehead atoms. The van der Waals surface area contributed by atoms with Crippen molar-refractivity contribution in [3.63, 3.8) is 0 Å². The van der Waals surface area contributed by atoms with Gasteiger partial charge in [-0.3, -0.25) is 0 Å². The molecule has 0 aromatic heterocycles. The van der Waals surface area contributed by atoms with E-state index in [0.717, 1.165) is 23.8 Å². The van der Waals surface area contributed by atoms with Gasteiger partial charge in [0.05, 0.1) is 11.4 Å².